The normalized spacial score (nSPS) is 10.8. The summed E-state index contributed by atoms with van der Waals surface area (Å²) in [5.41, 5.74) is -0.748. The second-order valence-electron chi connectivity index (χ2n) is 4.22. The van der Waals surface area contributed by atoms with Crippen molar-refractivity contribution in [3.05, 3.63) is 56.4 Å². The number of halogens is 2. The summed E-state index contributed by atoms with van der Waals surface area (Å²) < 4.78 is 14.6. The van der Waals surface area contributed by atoms with E-state index in [1.54, 1.807) is 12.1 Å². The number of thiophene rings is 1. The van der Waals surface area contributed by atoms with Gasteiger partial charge in [-0.15, -0.1) is 11.3 Å². The van der Waals surface area contributed by atoms with Gasteiger partial charge in [0.15, 0.2) is 5.82 Å². The van der Waals surface area contributed by atoms with Crippen LogP contribution in [0.2, 0.25) is 0 Å². The van der Waals surface area contributed by atoms with Crippen molar-refractivity contribution in [1.29, 1.82) is 0 Å². The highest BCUT2D eigenvalue weighted by atomic mass is 79.9. The summed E-state index contributed by atoms with van der Waals surface area (Å²) >= 11 is 4.67. The largest absolute Gasteiger partial charge is 0.493 e. The summed E-state index contributed by atoms with van der Waals surface area (Å²) in [6.07, 6.45) is 0. The first-order valence-corrected chi connectivity index (χ1v) is 7.56. The SMILES string of the molecule is O=c1[nH]c(-c2cc(Br)cs2)nc(O)c1-c1ccccc1F. The number of H-pyrrole nitrogens is 1. The average molecular weight is 367 g/mol. The molecule has 2 aromatic heterocycles. The summed E-state index contributed by atoms with van der Waals surface area (Å²) in [6, 6.07) is 7.50. The molecule has 0 aliphatic heterocycles. The molecule has 0 aliphatic rings. The first kappa shape index (κ1) is 14.0. The van der Waals surface area contributed by atoms with Gasteiger partial charge in [0.25, 0.3) is 5.56 Å². The predicted molar refractivity (Wildman–Crippen MR) is 82.9 cm³/mol. The lowest BCUT2D eigenvalue weighted by Crippen LogP contribution is -2.12. The zero-order chi connectivity index (χ0) is 15.0. The standard InChI is InChI=1S/C14H8BrFN2O2S/c15-7-5-10(21-6-7)12-17-13(19)11(14(20)18-12)8-3-1-2-4-9(8)16/h1-6H,(H2,17,18,19,20). The molecule has 0 unspecified atom stereocenters. The van der Waals surface area contributed by atoms with E-state index < -0.39 is 17.3 Å². The Morgan fingerprint density at radius 3 is 2.71 bits per heavy atom. The van der Waals surface area contributed by atoms with Crippen LogP contribution in [-0.2, 0) is 0 Å². The van der Waals surface area contributed by atoms with E-state index in [0.29, 0.717) is 4.88 Å². The monoisotopic (exact) mass is 366 g/mol. The minimum absolute atomic E-state index is 0.0164. The number of nitrogens with one attached hydrogen (secondary N) is 1. The molecule has 0 bridgehead atoms. The molecule has 4 nitrogen and oxygen atoms in total. The number of aromatic amines is 1. The van der Waals surface area contributed by atoms with Crippen LogP contribution in [0.25, 0.3) is 21.8 Å². The number of hydrogen-bond donors (Lipinski definition) is 2. The van der Waals surface area contributed by atoms with Gasteiger partial charge in [-0.1, -0.05) is 18.2 Å². The molecule has 2 N–H and O–H groups in total. The molecule has 106 valence electrons. The van der Waals surface area contributed by atoms with Crippen molar-refractivity contribution in [3.63, 3.8) is 0 Å². The van der Waals surface area contributed by atoms with Crippen LogP contribution < -0.4 is 5.56 Å². The Morgan fingerprint density at radius 1 is 1.33 bits per heavy atom. The Morgan fingerprint density at radius 2 is 2.10 bits per heavy atom. The molecule has 0 saturated heterocycles. The van der Waals surface area contributed by atoms with Gasteiger partial charge < -0.3 is 10.1 Å². The van der Waals surface area contributed by atoms with E-state index in [0.717, 1.165) is 4.47 Å². The second-order valence-corrected chi connectivity index (χ2v) is 6.05. The molecule has 7 heteroatoms. The Labute approximate surface area is 131 Å². The molecule has 2 heterocycles. The van der Waals surface area contributed by atoms with Crippen LogP contribution in [0.4, 0.5) is 4.39 Å². The summed E-state index contributed by atoms with van der Waals surface area (Å²) in [5.74, 6) is -0.844. The van der Waals surface area contributed by atoms with Gasteiger partial charge in [-0.3, -0.25) is 4.79 Å². The van der Waals surface area contributed by atoms with Crippen molar-refractivity contribution >= 4 is 27.3 Å². The van der Waals surface area contributed by atoms with E-state index in [-0.39, 0.29) is 17.0 Å². The van der Waals surface area contributed by atoms with Crippen molar-refractivity contribution in [2.24, 2.45) is 0 Å². The fourth-order valence-corrected chi connectivity index (χ4v) is 3.29. The van der Waals surface area contributed by atoms with Crippen molar-refractivity contribution < 1.29 is 9.50 Å². The first-order chi connectivity index (χ1) is 10.1. The fraction of sp³-hybridized carbons (Fsp3) is 0. The summed E-state index contributed by atoms with van der Waals surface area (Å²) in [5, 5.41) is 11.8. The molecule has 21 heavy (non-hydrogen) atoms. The number of hydrogen-bond acceptors (Lipinski definition) is 4. The number of aromatic hydroxyl groups is 1. The fourth-order valence-electron chi connectivity index (χ4n) is 1.92. The lowest BCUT2D eigenvalue weighted by molar-refractivity contribution is 0.453. The number of nitrogens with zero attached hydrogens (tertiary/aromatic N) is 1. The average Bonchev–Trinajstić information content (AvgIpc) is 2.87. The van der Waals surface area contributed by atoms with Crippen LogP contribution >= 0.6 is 27.3 Å². The second kappa shape index (κ2) is 5.42. The lowest BCUT2D eigenvalue weighted by atomic mass is 10.1. The van der Waals surface area contributed by atoms with Crippen LogP contribution in [0.3, 0.4) is 0 Å². The minimum atomic E-state index is -0.591. The van der Waals surface area contributed by atoms with Gasteiger partial charge in [0.1, 0.15) is 11.4 Å². The number of rotatable bonds is 2. The molecule has 0 aliphatic carbocycles. The Kier molecular flexibility index (Phi) is 3.60. The van der Waals surface area contributed by atoms with Crippen molar-refractivity contribution in [2.45, 2.75) is 0 Å². The van der Waals surface area contributed by atoms with E-state index in [1.165, 1.54) is 29.5 Å². The minimum Gasteiger partial charge on any atom is -0.493 e. The predicted octanol–water partition coefficient (Wildman–Crippen LogP) is 3.77. The van der Waals surface area contributed by atoms with E-state index in [9.17, 15) is 14.3 Å². The lowest BCUT2D eigenvalue weighted by Gasteiger charge is -2.06. The maximum atomic E-state index is 13.8. The summed E-state index contributed by atoms with van der Waals surface area (Å²) in [4.78, 5) is 19.4. The number of aromatic nitrogens is 2. The molecule has 3 rings (SSSR count). The van der Waals surface area contributed by atoms with E-state index in [1.807, 2.05) is 5.38 Å². The highest BCUT2D eigenvalue weighted by Gasteiger charge is 2.17. The third-order valence-corrected chi connectivity index (χ3v) is 4.54. The first-order valence-electron chi connectivity index (χ1n) is 5.89. The van der Waals surface area contributed by atoms with Crippen molar-refractivity contribution in [3.8, 4) is 27.7 Å². The van der Waals surface area contributed by atoms with E-state index >= 15 is 0 Å². The molecule has 0 radical (unpaired) electrons. The summed E-state index contributed by atoms with van der Waals surface area (Å²) in [6.45, 7) is 0. The Hall–Kier alpha value is -1.99. The molecule has 0 amide bonds. The smallest absolute Gasteiger partial charge is 0.263 e. The third-order valence-electron chi connectivity index (χ3n) is 2.84. The maximum absolute atomic E-state index is 13.8. The molecule has 3 aromatic rings. The Bertz CT molecular complexity index is 875. The summed E-state index contributed by atoms with van der Waals surface area (Å²) in [7, 11) is 0. The van der Waals surface area contributed by atoms with Gasteiger partial charge in [-0.25, -0.2) is 4.39 Å². The van der Waals surface area contributed by atoms with Gasteiger partial charge in [-0.05, 0) is 28.1 Å². The molecule has 0 saturated carbocycles. The highest BCUT2D eigenvalue weighted by Crippen LogP contribution is 2.31. The van der Waals surface area contributed by atoms with Crippen LogP contribution in [0.1, 0.15) is 0 Å². The topological polar surface area (TPSA) is 66.0 Å². The van der Waals surface area contributed by atoms with Gasteiger partial charge in [0.05, 0.1) is 4.88 Å². The van der Waals surface area contributed by atoms with Gasteiger partial charge in [0.2, 0.25) is 5.88 Å². The maximum Gasteiger partial charge on any atom is 0.263 e. The number of benzene rings is 1. The zero-order valence-electron chi connectivity index (χ0n) is 10.4. The molecule has 1 aromatic carbocycles. The third kappa shape index (κ3) is 2.62. The molecule has 0 atom stereocenters. The molecule has 0 spiro atoms. The van der Waals surface area contributed by atoms with Gasteiger partial charge in [-0.2, -0.15) is 4.98 Å². The van der Waals surface area contributed by atoms with Crippen LogP contribution in [-0.4, -0.2) is 15.1 Å². The molecular weight excluding hydrogens is 359 g/mol. The van der Waals surface area contributed by atoms with Gasteiger partial charge in [0, 0.05) is 15.4 Å². The van der Waals surface area contributed by atoms with Gasteiger partial charge >= 0.3 is 0 Å². The zero-order valence-corrected chi connectivity index (χ0v) is 12.8. The molecular formula is C14H8BrFN2O2S. The Balaban J connectivity index is 2.18. The highest BCUT2D eigenvalue weighted by molar-refractivity contribution is 9.10. The molecule has 0 fully saturated rings. The van der Waals surface area contributed by atoms with E-state index in [2.05, 4.69) is 25.9 Å². The quantitative estimate of drug-likeness (QED) is 0.725. The van der Waals surface area contributed by atoms with Crippen molar-refractivity contribution in [1.82, 2.24) is 9.97 Å². The van der Waals surface area contributed by atoms with Crippen molar-refractivity contribution in [2.75, 3.05) is 0 Å². The van der Waals surface area contributed by atoms with Crippen LogP contribution in [0, 0.1) is 5.82 Å². The van der Waals surface area contributed by atoms with Crippen LogP contribution in [0.15, 0.2) is 45.0 Å². The van der Waals surface area contributed by atoms with Crippen LogP contribution in [0.5, 0.6) is 5.88 Å². The van der Waals surface area contributed by atoms with E-state index in [4.69, 9.17) is 0 Å².